The molecule has 0 aliphatic heterocycles. The van der Waals surface area contributed by atoms with E-state index in [1.807, 2.05) is 49.5 Å². The number of nitrogen functional groups attached to an aromatic ring is 1. The Bertz CT molecular complexity index is 924. The van der Waals surface area contributed by atoms with Crippen LogP contribution in [0.1, 0.15) is 23.9 Å². The largest absolute Gasteiger partial charge is 0.463 e. The highest BCUT2D eigenvalue weighted by molar-refractivity contribution is 5.87. The van der Waals surface area contributed by atoms with E-state index in [1.165, 1.54) is 6.08 Å². The van der Waals surface area contributed by atoms with Crippen LogP contribution in [0.25, 0.3) is 17.1 Å². The van der Waals surface area contributed by atoms with Crippen LogP contribution in [-0.4, -0.2) is 22.1 Å². The maximum atomic E-state index is 11.3. The highest BCUT2D eigenvalue weighted by Crippen LogP contribution is 2.20. The Balaban J connectivity index is 1.75. The van der Waals surface area contributed by atoms with Crippen LogP contribution in [0.5, 0.6) is 0 Å². The van der Waals surface area contributed by atoms with Gasteiger partial charge in [0, 0.05) is 25.2 Å². The maximum absolute atomic E-state index is 11.3. The van der Waals surface area contributed by atoms with Crippen molar-refractivity contribution in [3.8, 4) is 0 Å². The summed E-state index contributed by atoms with van der Waals surface area (Å²) in [5, 5.41) is 0. The first-order chi connectivity index (χ1) is 12.1. The van der Waals surface area contributed by atoms with Crippen LogP contribution < -0.4 is 5.73 Å². The minimum atomic E-state index is -0.328. The number of hydrogen-bond donors (Lipinski definition) is 1. The first-order valence-electron chi connectivity index (χ1n) is 8.21. The average molecular weight is 335 g/mol. The predicted octanol–water partition coefficient (Wildman–Crippen LogP) is 3.32. The van der Waals surface area contributed by atoms with Crippen LogP contribution in [0.4, 0.5) is 5.69 Å². The first-order valence-corrected chi connectivity index (χ1v) is 8.21. The number of carbonyl (C=O) groups is 1. The molecule has 0 spiro atoms. The van der Waals surface area contributed by atoms with Crippen molar-refractivity contribution >= 4 is 28.8 Å². The van der Waals surface area contributed by atoms with Crippen molar-refractivity contribution in [1.82, 2.24) is 9.55 Å². The van der Waals surface area contributed by atoms with E-state index in [0.29, 0.717) is 6.61 Å². The molecule has 3 aromatic rings. The van der Waals surface area contributed by atoms with Gasteiger partial charge in [0.1, 0.15) is 5.82 Å². The number of benzene rings is 2. The minimum absolute atomic E-state index is 0.328. The molecule has 0 amide bonds. The molecule has 0 radical (unpaired) electrons. The summed E-state index contributed by atoms with van der Waals surface area (Å²) in [6.07, 6.45) is 3.92. The summed E-state index contributed by atoms with van der Waals surface area (Å²) >= 11 is 0. The second-order valence-electron chi connectivity index (χ2n) is 5.84. The summed E-state index contributed by atoms with van der Waals surface area (Å²) in [4.78, 5) is 16.0. The second kappa shape index (κ2) is 7.21. The third kappa shape index (κ3) is 3.88. The Morgan fingerprint density at radius 1 is 1.24 bits per heavy atom. The van der Waals surface area contributed by atoms with Gasteiger partial charge in [-0.05, 0) is 42.3 Å². The van der Waals surface area contributed by atoms with E-state index < -0.39 is 0 Å². The molecule has 0 aliphatic carbocycles. The number of fused-ring (bicyclic) bond motifs is 1. The van der Waals surface area contributed by atoms with Crippen molar-refractivity contribution in [1.29, 1.82) is 0 Å². The van der Waals surface area contributed by atoms with Crippen LogP contribution in [0, 0.1) is 0 Å². The fourth-order valence-corrected chi connectivity index (χ4v) is 2.71. The Morgan fingerprint density at radius 2 is 2.00 bits per heavy atom. The molecule has 0 saturated carbocycles. The van der Waals surface area contributed by atoms with Gasteiger partial charge in [-0.1, -0.05) is 24.3 Å². The second-order valence-corrected chi connectivity index (χ2v) is 5.84. The zero-order valence-corrected chi connectivity index (χ0v) is 14.4. The maximum Gasteiger partial charge on any atom is 0.330 e. The van der Waals surface area contributed by atoms with Gasteiger partial charge in [0.05, 0.1) is 17.6 Å². The number of hydrogen-bond acceptors (Lipinski definition) is 4. The number of aryl methyl sites for hydroxylation is 1. The summed E-state index contributed by atoms with van der Waals surface area (Å²) in [5.41, 5.74) is 10.6. The topological polar surface area (TPSA) is 70.1 Å². The monoisotopic (exact) mass is 335 g/mol. The normalized spacial score (nSPS) is 11.3. The minimum Gasteiger partial charge on any atom is -0.463 e. The lowest BCUT2D eigenvalue weighted by atomic mass is 10.1. The fourth-order valence-electron chi connectivity index (χ4n) is 2.71. The third-order valence-corrected chi connectivity index (χ3v) is 4.04. The number of aromatic nitrogens is 2. The Morgan fingerprint density at radius 3 is 2.72 bits per heavy atom. The standard InChI is InChI=1S/C20H21N3O2/c1-3-25-20(24)11-8-14-4-6-15(7-5-14)12-19-22-17-13-16(21)9-10-18(17)23(19)2/h4-11,13H,3,12,21H2,1-2H3/b11-8+. The smallest absolute Gasteiger partial charge is 0.330 e. The molecule has 5 nitrogen and oxygen atoms in total. The summed E-state index contributed by atoms with van der Waals surface area (Å²) in [7, 11) is 2.01. The molecule has 0 fully saturated rings. The van der Waals surface area contributed by atoms with E-state index in [4.69, 9.17) is 10.5 Å². The lowest BCUT2D eigenvalue weighted by molar-refractivity contribution is -0.137. The SMILES string of the molecule is CCOC(=O)/C=C/c1ccc(Cc2nc3cc(N)ccc3n2C)cc1. The van der Waals surface area contributed by atoms with Gasteiger partial charge in [-0.25, -0.2) is 9.78 Å². The molecule has 0 saturated heterocycles. The van der Waals surface area contributed by atoms with Crippen molar-refractivity contribution in [2.24, 2.45) is 7.05 Å². The molecule has 25 heavy (non-hydrogen) atoms. The summed E-state index contributed by atoms with van der Waals surface area (Å²) in [5.74, 6) is 0.654. The van der Waals surface area contributed by atoms with E-state index in [2.05, 4.69) is 9.55 Å². The molecule has 0 bridgehead atoms. The molecule has 0 aliphatic rings. The van der Waals surface area contributed by atoms with Gasteiger partial charge in [0.2, 0.25) is 0 Å². The summed E-state index contributed by atoms with van der Waals surface area (Å²) in [6, 6.07) is 13.8. The van der Waals surface area contributed by atoms with Crippen LogP contribution >= 0.6 is 0 Å². The molecule has 0 atom stereocenters. The number of rotatable bonds is 5. The van der Waals surface area contributed by atoms with Crippen LogP contribution in [0.3, 0.4) is 0 Å². The molecule has 1 aromatic heterocycles. The molecule has 2 N–H and O–H groups in total. The van der Waals surface area contributed by atoms with Crippen molar-refractivity contribution in [2.45, 2.75) is 13.3 Å². The fraction of sp³-hybridized carbons (Fsp3) is 0.200. The number of imidazole rings is 1. The molecule has 1 heterocycles. The van der Waals surface area contributed by atoms with Crippen molar-refractivity contribution in [3.05, 3.63) is 65.5 Å². The van der Waals surface area contributed by atoms with E-state index in [0.717, 1.165) is 40.1 Å². The molecule has 2 aromatic carbocycles. The summed E-state index contributed by atoms with van der Waals surface area (Å²) in [6.45, 7) is 2.17. The van der Waals surface area contributed by atoms with Gasteiger partial charge in [-0.3, -0.25) is 0 Å². The molecular formula is C20H21N3O2. The van der Waals surface area contributed by atoms with Crippen LogP contribution in [0.2, 0.25) is 0 Å². The van der Waals surface area contributed by atoms with Crippen molar-refractivity contribution in [3.63, 3.8) is 0 Å². The number of carbonyl (C=O) groups excluding carboxylic acids is 1. The molecule has 5 heteroatoms. The van der Waals surface area contributed by atoms with E-state index in [1.54, 1.807) is 13.0 Å². The molecular weight excluding hydrogens is 314 g/mol. The molecule has 128 valence electrons. The number of ether oxygens (including phenoxy) is 1. The highest BCUT2D eigenvalue weighted by atomic mass is 16.5. The summed E-state index contributed by atoms with van der Waals surface area (Å²) < 4.78 is 6.96. The quantitative estimate of drug-likeness (QED) is 0.441. The zero-order valence-electron chi connectivity index (χ0n) is 14.4. The number of esters is 1. The Labute approximate surface area is 146 Å². The van der Waals surface area contributed by atoms with Crippen molar-refractivity contribution in [2.75, 3.05) is 12.3 Å². The highest BCUT2D eigenvalue weighted by Gasteiger charge is 2.08. The Kier molecular flexibility index (Phi) is 4.84. The van der Waals surface area contributed by atoms with E-state index in [9.17, 15) is 4.79 Å². The van der Waals surface area contributed by atoms with E-state index in [-0.39, 0.29) is 5.97 Å². The number of nitrogens with two attached hydrogens (primary N) is 1. The van der Waals surface area contributed by atoms with Gasteiger partial charge >= 0.3 is 5.97 Å². The predicted molar refractivity (Wildman–Crippen MR) is 100 cm³/mol. The molecule has 0 unspecified atom stereocenters. The zero-order chi connectivity index (χ0) is 17.8. The Hall–Kier alpha value is -3.08. The third-order valence-electron chi connectivity index (χ3n) is 4.04. The van der Waals surface area contributed by atoms with Gasteiger partial charge in [-0.2, -0.15) is 0 Å². The number of anilines is 1. The first kappa shape index (κ1) is 16.8. The number of nitrogens with zero attached hydrogens (tertiary/aromatic N) is 2. The van der Waals surface area contributed by atoms with Gasteiger partial charge in [-0.15, -0.1) is 0 Å². The van der Waals surface area contributed by atoms with Gasteiger partial charge < -0.3 is 15.0 Å². The van der Waals surface area contributed by atoms with Gasteiger partial charge in [0.15, 0.2) is 0 Å². The van der Waals surface area contributed by atoms with Crippen LogP contribution in [0.15, 0.2) is 48.5 Å². The van der Waals surface area contributed by atoms with Crippen LogP contribution in [-0.2, 0) is 23.0 Å². The lowest BCUT2D eigenvalue weighted by Gasteiger charge is -2.03. The van der Waals surface area contributed by atoms with E-state index >= 15 is 0 Å². The average Bonchev–Trinajstić information content (AvgIpc) is 2.89. The molecule has 3 rings (SSSR count). The lowest BCUT2D eigenvalue weighted by Crippen LogP contribution is -1.99. The van der Waals surface area contributed by atoms with Crippen molar-refractivity contribution < 1.29 is 9.53 Å². The van der Waals surface area contributed by atoms with Gasteiger partial charge in [0.25, 0.3) is 0 Å².